The Bertz CT molecular complexity index is 739. The van der Waals surface area contributed by atoms with Crippen LogP contribution >= 0.6 is 0 Å². The van der Waals surface area contributed by atoms with Gasteiger partial charge in [0.05, 0.1) is 15.9 Å². The molecule has 0 saturated carbocycles. The summed E-state index contributed by atoms with van der Waals surface area (Å²) in [6, 6.07) is 0. The summed E-state index contributed by atoms with van der Waals surface area (Å²) in [7, 11) is -6.02. The number of hydrogen-bond donors (Lipinski definition) is 0. The normalized spacial score (nSPS) is 13.1. The molecule has 0 aromatic carbocycles. The minimum absolute atomic E-state index is 0.00624. The lowest BCUT2D eigenvalue weighted by Gasteiger charge is -2.36. The lowest BCUT2D eigenvalue weighted by Crippen LogP contribution is -2.63. The van der Waals surface area contributed by atoms with Gasteiger partial charge in [0.15, 0.2) is 0 Å². The van der Waals surface area contributed by atoms with E-state index in [0.29, 0.717) is 12.8 Å². The number of esters is 1. The molecule has 0 rings (SSSR count). The van der Waals surface area contributed by atoms with Crippen molar-refractivity contribution in [2.45, 2.75) is 166 Å². The van der Waals surface area contributed by atoms with E-state index in [4.69, 9.17) is 0 Å². The van der Waals surface area contributed by atoms with Crippen molar-refractivity contribution in [3.05, 3.63) is 0 Å². The molecule has 0 aliphatic rings. The van der Waals surface area contributed by atoms with Crippen LogP contribution in [0.5, 0.6) is 0 Å². The van der Waals surface area contributed by atoms with E-state index in [1.54, 1.807) is 0 Å². The maximum Gasteiger partial charge on any atom is 0.438 e. The fourth-order valence-corrected chi connectivity index (χ4v) is 5.55. The van der Waals surface area contributed by atoms with E-state index in [-0.39, 0.29) is 6.42 Å². The molecule has 0 atom stereocenters. The Morgan fingerprint density at radius 2 is 0.850 bits per heavy atom. The average Bonchev–Trinajstić information content (AvgIpc) is 2.82. The van der Waals surface area contributed by atoms with Gasteiger partial charge in [-0.05, 0) is 6.42 Å². The number of rotatable bonds is 25. The first-order valence-corrected chi connectivity index (χ1v) is 16.5. The summed E-state index contributed by atoms with van der Waals surface area (Å²) < 4.78 is 115. The summed E-state index contributed by atoms with van der Waals surface area (Å²) >= 11 is 0. The molecule has 0 aromatic rings. The van der Waals surface area contributed by atoms with Crippen molar-refractivity contribution in [3.8, 4) is 0 Å². The highest BCUT2D eigenvalue weighted by Gasteiger charge is 2.75. The van der Waals surface area contributed by atoms with Gasteiger partial charge in [0, 0.05) is 6.42 Å². The van der Waals surface area contributed by atoms with Crippen molar-refractivity contribution in [2.24, 2.45) is 0 Å². The van der Waals surface area contributed by atoms with Gasteiger partial charge in [0.2, 0.25) is 0 Å². The standard InChI is InChI=1S/C28H50F6O5S/c1-2-3-4-5-6-7-8-9-10-11-12-13-14-15-16-17-18-19-20-21-22-23-25(35)39-26(27(29,30)31,28(32,33)34)24-40(36,37)38/h2-24H2,1H3,(H,36,37,38)/p-1. The third-order valence-electron chi connectivity index (χ3n) is 7.07. The van der Waals surface area contributed by atoms with Gasteiger partial charge in [-0.15, -0.1) is 0 Å². The summed E-state index contributed by atoms with van der Waals surface area (Å²) in [6.07, 6.45) is 9.92. The molecule has 0 amide bonds. The van der Waals surface area contributed by atoms with Gasteiger partial charge in [0.1, 0.15) is 0 Å². The third-order valence-corrected chi connectivity index (χ3v) is 7.83. The van der Waals surface area contributed by atoms with E-state index in [0.717, 1.165) is 25.7 Å². The van der Waals surface area contributed by atoms with Crippen molar-refractivity contribution in [1.29, 1.82) is 0 Å². The van der Waals surface area contributed by atoms with Gasteiger partial charge < -0.3 is 9.29 Å². The Morgan fingerprint density at radius 1 is 0.575 bits per heavy atom. The van der Waals surface area contributed by atoms with Crippen molar-refractivity contribution in [1.82, 2.24) is 0 Å². The van der Waals surface area contributed by atoms with Crippen LogP contribution in [-0.2, 0) is 19.6 Å². The minimum atomic E-state index is -6.33. The first-order chi connectivity index (χ1) is 18.7. The zero-order chi connectivity index (χ0) is 30.5. The van der Waals surface area contributed by atoms with Crippen LogP contribution in [0.2, 0.25) is 0 Å². The van der Waals surface area contributed by atoms with Gasteiger partial charge in [0.25, 0.3) is 0 Å². The van der Waals surface area contributed by atoms with Gasteiger partial charge in [-0.25, -0.2) is 8.42 Å². The Kier molecular flexibility index (Phi) is 20.2. The average molecular weight is 612 g/mol. The zero-order valence-electron chi connectivity index (χ0n) is 24.0. The number of halogens is 6. The summed E-state index contributed by atoms with van der Waals surface area (Å²) in [6.45, 7) is 2.23. The van der Waals surface area contributed by atoms with Crippen molar-refractivity contribution in [3.63, 3.8) is 0 Å². The van der Waals surface area contributed by atoms with Crippen molar-refractivity contribution in [2.75, 3.05) is 5.75 Å². The van der Waals surface area contributed by atoms with Crippen LogP contribution < -0.4 is 0 Å². The monoisotopic (exact) mass is 611 g/mol. The highest BCUT2D eigenvalue weighted by molar-refractivity contribution is 7.85. The van der Waals surface area contributed by atoms with Crippen molar-refractivity contribution >= 4 is 16.1 Å². The second kappa shape index (κ2) is 20.8. The van der Waals surface area contributed by atoms with Gasteiger partial charge >= 0.3 is 23.9 Å². The van der Waals surface area contributed by atoms with Crippen LogP contribution in [0, 0.1) is 0 Å². The Balaban J connectivity index is 3.85. The Hall–Kier alpha value is -1.04. The van der Waals surface area contributed by atoms with Crippen LogP contribution in [0.3, 0.4) is 0 Å². The first-order valence-electron chi connectivity index (χ1n) is 14.9. The maximum absolute atomic E-state index is 13.1. The number of alkyl halides is 6. The molecule has 0 aliphatic carbocycles. The smallest absolute Gasteiger partial charge is 0.438 e. The molecule has 0 fully saturated rings. The number of carbonyl (C=O) groups is 1. The predicted octanol–water partition coefficient (Wildman–Crippen LogP) is 9.54. The SMILES string of the molecule is CCCCCCCCCCCCCCCCCCCCCCCC(=O)OC(CS(=O)(=O)[O-])(C(F)(F)F)C(F)(F)F. The molecule has 12 heteroatoms. The summed E-state index contributed by atoms with van der Waals surface area (Å²) in [5.74, 6) is -4.81. The molecule has 0 saturated heterocycles. The van der Waals surface area contributed by atoms with Crippen LogP contribution in [0.25, 0.3) is 0 Å². The summed E-state index contributed by atoms with van der Waals surface area (Å²) in [5, 5.41) is 0. The molecule has 5 nitrogen and oxygen atoms in total. The van der Waals surface area contributed by atoms with Crippen LogP contribution in [0.4, 0.5) is 26.3 Å². The molecule has 0 aromatic heterocycles. The molecule has 240 valence electrons. The fourth-order valence-electron chi connectivity index (χ4n) is 4.67. The fraction of sp³-hybridized carbons (Fsp3) is 0.964. The van der Waals surface area contributed by atoms with E-state index in [1.165, 1.54) is 89.9 Å². The van der Waals surface area contributed by atoms with E-state index < -0.39 is 46.2 Å². The van der Waals surface area contributed by atoms with Crippen LogP contribution in [0.1, 0.15) is 148 Å². The first kappa shape index (κ1) is 39.0. The molecule has 0 aliphatic heterocycles. The Morgan fingerprint density at radius 3 is 1.10 bits per heavy atom. The topological polar surface area (TPSA) is 83.5 Å². The Labute approximate surface area is 236 Å². The minimum Gasteiger partial charge on any atom is -0.748 e. The zero-order valence-corrected chi connectivity index (χ0v) is 24.8. The second-order valence-corrected chi connectivity index (χ2v) is 12.2. The number of ether oxygens (including phenoxy) is 1. The van der Waals surface area contributed by atoms with E-state index in [2.05, 4.69) is 11.7 Å². The highest BCUT2D eigenvalue weighted by Crippen LogP contribution is 2.47. The summed E-state index contributed by atoms with van der Waals surface area (Å²) in [5.41, 5.74) is -5.38. The second-order valence-electron chi connectivity index (χ2n) is 10.8. The third kappa shape index (κ3) is 18.4. The molecule has 0 bridgehead atoms. The maximum atomic E-state index is 13.1. The number of carbonyl (C=O) groups excluding carboxylic acids is 1. The largest absolute Gasteiger partial charge is 0.748 e. The van der Waals surface area contributed by atoms with Gasteiger partial charge in [-0.1, -0.05) is 135 Å². The van der Waals surface area contributed by atoms with Gasteiger partial charge in [-0.2, -0.15) is 26.3 Å². The molecular formula is C28H49F6O5S-. The molecule has 0 radical (unpaired) electrons. The predicted molar refractivity (Wildman–Crippen MR) is 143 cm³/mol. The number of hydrogen-bond acceptors (Lipinski definition) is 5. The lowest BCUT2D eigenvalue weighted by molar-refractivity contribution is -0.361. The van der Waals surface area contributed by atoms with E-state index >= 15 is 0 Å². The highest BCUT2D eigenvalue weighted by atomic mass is 32.2. The lowest BCUT2D eigenvalue weighted by atomic mass is 10.0. The molecule has 0 heterocycles. The van der Waals surface area contributed by atoms with E-state index in [9.17, 15) is 44.1 Å². The van der Waals surface area contributed by atoms with Gasteiger partial charge in [-0.3, -0.25) is 4.79 Å². The molecule has 0 unspecified atom stereocenters. The van der Waals surface area contributed by atoms with Crippen LogP contribution in [-0.4, -0.2) is 42.6 Å². The van der Waals surface area contributed by atoms with E-state index in [1.807, 2.05) is 0 Å². The molecular weight excluding hydrogens is 562 g/mol. The van der Waals surface area contributed by atoms with Crippen molar-refractivity contribution < 1.29 is 48.8 Å². The summed E-state index contributed by atoms with van der Waals surface area (Å²) in [4.78, 5) is 11.7. The molecule has 0 spiro atoms. The molecule has 0 N–H and O–H groups in total. The number of unbranched alkanes of at least 4 members (excludes halogenated alkanes) is 20. The molecule has 40 heavy (non-hydrogen) atoms. The van der Waals surface area contributed by atoms with Crippen LogP contribution in [0.15, 0.2) is 0 Å². The quantitative estimate of drug-likeness (QED) is 0.0444.